The van der Waals surface area contributed by atoms with E-state index in [0.717, 1.165) is 7.11 Å². The summed E-state index contributed by atoms with van der Waals surface area (Å²) in [5.74, 6) is 0. The first-order chi connectivity index (χ1) is 10.5. The highest BCUT2D eigenvalue weighted by Gasteiger charge is 2.24. The van der Waals surface area contributed by atoms with Crippen LogP contribution >= 0.6 is 0 Å². The molecule has 0 aromatic heterocycles. The van der Waals surface area contributed by atoms with Crippen molar-refractivity contribution in [3.63, 3.8) is 0 Å². The van der Waals surface area contributed by atoms with Crippen molar-refractivity contribution in [2.75, 3.05) is 33.3 Å². The Bertz CT molecular complexity index is 207. The summed E-state index contributed by atoms with van der Waals surface area (Å²) >= 11 is 0. The van der Waals surface area contributed by atoms with Crippen LogP contribution in [0.5, 0.6) is 0 Å². The van der Waals surface area contributed by atoms with Crippen LogP contribution in [0.1, 0.15) is 79.1 Å². The average molecular weight is 318 g/mol. The Morgan fingerprint density at radius 2 is 1.00 bits per heavy atom. The summed E-state index contributed by atoms with van der Waals surface area (Å²) < 4.78 is 4.98. The highest BCUT2D eigenvalue weighted by atomic mass is 16.6. The normalized spacial score (nSPS) is 10.8. The smallest absolute Gasteiger partial charge is 0.251 e. The molecule has 0 amide bonds. The molecule has 4 heteroatoms. The van der Waals surface area contributed by atoms with E-state index in [9.17, 15) is 0 Å². The SMILES string of the molecule is CCCC[N+](CCCC)(CCCC)CCCC.COC(=O)[O-]. The molecule has 22 heavy (non-hydrogen) atoms. The van der Waals surface area contributed by atoms with E-state index in [-0.39, 0.29) is 0 Å². The number of methoxy groups -OCH3 is 1. The third kappa shape index (κ3) is 14.2. The largest absolute Gasteiger partial charge is 0.553 e. The highest BCUT2D eigenvalue weighted by molar-refractivity contribution is 5.53. The Morgan fingerprint density at radius 3 is 1.14 bits per heavy atom. The molecule has 0 unspecified atom stereocenters. The molecule has 0 fully saturated rings. The van der Waals surface area contributed by atoms with Gasteiger partial charge in [-0.1, -0.05) is 53.4 Å². The fourth-order valence-corrected chi connectivity index (χ4v) is 2.64. The van der Waals surface area contributed by atoms with Gasteiger partial charge in [0.1, 0.15) is 0 Å². The van der Waals surface area contributed by atoms with Crippen molar-refractivity contribution in [3.8, 4) is 0 Å². The summed E-state index contributed by atoms with van der Waals surface area (Å²) in [5, 5.41) is 9.03. The van der Waals surface area contributed by atoms with Crippen LogP contribution in [0.15, 0.2) is 0 Å². The number of nitrogens with zero attached hydrogens (tertiary/aromatic N) is 1. The molecule has 0 spiro atoms. The summed E-state index contributed by atoms with van der Waals surface area (Å²) in [6.45, 7) is 15.0. The number of ether oxygens (including phenoxy) is 1. The van der Waals surface area contributed by atoms with Gasteiger partial charge in [0.2, 0.25) is 0 Å². The molecule has 0 N–H and O–H groups in total. The van der Waals surface area contributed by atoms with Crippen LogP contribution in [-0.4, -0.2) is 43.9 Å². The minimum atomic E-state index is -1.50. The number of quaternary nitrogens is 1. The monoisotopic (exact) mass is 317 g/mol. The van der Waals surface area contributed by atoms with Gasteiger partial charge < -0.3 is 19.1 Å². The molecule has 0 saturated heterocycles. The van der Waals surface area contributed by atoms with Gasteiger partial charge in [0.15, 0.2) is 0 Å². The van der Waals surface area contributed by atoms with Crippen molar-refractivity contribution in [3.05, 3.63) is 0 Å². The number of hydrogen-bond acceptors (Lipinski definition) is 3. The molecule has 0 radical (unpaired) electrons. The molecular formula is C18H39NO3. The first kappa shape index (κ1) is 23.5. The molecule has 0 aromatic carbocycles. The second kappa shape index (κ2) is 16.6. The maximum Gasteiger partial charge on any atom is 0.251 e. The summed E-state index contributed by atoms with van der Waals surface area (Å²) in [6.07, 6.45) is 9.57. The Labute approximate surface area is 138 Å². The van der Waals surface area contributed by atoms with Gasteiger partial charge >= 0.3 is 0 Å². The van der Waals surface area contributed by atoms with Crippen LogP contribution < -0.4 is 5.11 Å². The van der Waals surface area contributed by atoms with Gasteiger partial charge in [0.25, 0.3) is 6.16 Å². The lowest BCUT2D eigenvalue weighted by Gasteiger charge is -2.39. The number of hydrogen-bond donors (Lipinski definition) is 0. The zero-order valence-electron chi connectivity index (χ0n) is 15.7. The highest BCUT2D eigenvalue weighted by Crippen LogP contribution is 2.16. The molecule has 0 heterocycles. The number of carbonyl (C=O) groups is 1. The van der Waals surface area contributed by atoms with Gasteiger partial charge in [-0.2, -0.15) is 0 Å². The standard InChI is InChI=1S/C16H36N.C2H4O3/c1-5-9-13-17(14-10-6-2,15-11-7-3)16-12-8-4;1-5-2(3)4/h5-16H2,1-4H3;1H3,(H,3,4)/q+1;/p-1. The Hall–Kier alpha value is -0.770. The Morgan fingerprint density at radius 1 is 0.773 bits per heavy atom. The van der Waals surface area contributed by atoms with E-state index in [4.69, 9.17) is 9.90 Å². The lowest BCUT2D eigenvalue weighted by molar-refractivity contribution is -0.929. The molecule has 0 saturated carbocycles. The van der Waals surface area contributed by atoms with Gasteiger partial charge in [-0.15, -0.1) is 0 Å². The maximum atomic E-state index is 9.03. The van der Waals surface area contributed by atoms with E-state index >= 15 is 0 Å². The molecule has 0 rings (SSSR count). The van der Waals surface area contributed by atoms with Gasteiger partial charge in [0, 0.05) is 7.11 Å². The van der Waals surface area contributed by atoms with Gasteiger partial charge in [0.05, 0.1) is 26.2 Å². The summed E-state index contributed by atoms with van der Waals surface area (Å²) in [6, 6.07) is 0. The minimum absolute atomic E-state index is 1.04. The Kier molecular flexibility index (Phi) is 17.7. The van der Waals surface area contributed by atoms with E-state index in [0.29, 0.717) is 0 Å². The average Bonchev–Trinajstić information content (AvgIpc) is 2.54. The lowest BCUT2D eigenvalue weighted by atomic mass is 10.1. The van der Waals surface area contributed by atoms with Crippen molar-refractivity contribution < 1.29 is 19.1 Å². The van der Waals surface area contributed by atoms with Crippen molar-refractivity contribution in [1.29, 1.82) is 0 Å². The van der Waals surface area contributed by atoms with Gasteiger partial charge in [-0.3, -0.25) is 0 Å². The zero-order chi connectivity index (χ0) is 17.3. The summed E-state index contributed by atoms with van der Waals surface area (Å²) in [5.41, 5.74) is 0. The van der Waals surface area contributed by atoms with Crippen LogP contribution in [0.25, 0.3) is 0 Å². The van der Waals surface area contributed by atoms with Crippen molar-refractivity contribution in [1.82, 2.24) is 0 Å². The molecule has 0 aliphatic heterocycles. The minimum Gasteiger partial charge on any atom is -0.553 e. The summed E-state index contributed by atoms with van der Waals surface area (Å²) in [4.78, 5) is 9.03. The molecular weight excluding hydrogens is 278 g/mol. The summed E-state index contributed by atoms with van der Waals surface area (Å²) in [7, 11) is 1.04. The number of unbranched alkanes of at least 4 members (excludes halogenated alkanes) is 4. The predicted octanol–water partition coefficient (Wildman–Crippen LogP) is 3.98. The van der Waals surface area contributed by atoms with Crippen LogP contribution in [0.4, 0.5) is 4.79 Å². The lowest BCUT2D eigenvalue weighted by Crippen LogP contribution is -2.50. The van der Waals surface area contributed by atoms with E-state index in [1.165, 1.54) is 82.0 Å². The topological polar surface area (TPSA) is 49.4 Å². The first-order valence-electron chi connectivity index (χ1n) is 9.11. The predicted molar refractivity (Wildman–Crippen MR) is 91.8 cm³/mol. The molecule has 134 valence electrons. The second-order valence-corrected chi connectivity index (χ2v) is 6.10. The van der Waals surface area contributed by atoms with Crippen LogP contribution in [0.3, 0.4) is 0 Å². The van der Waals surface area contributed by atoms with Crippen LogP contribution in [0.2, 0.25) is 0 Å². The van der Waals surface area contributed by atoms with Gasteiger partial charge in [-0.05, 0) is 25.7 Å². The number of carbonyl (C=O) groups excluding carboxylic acids is 1. The van der Waals surface area contributed by atoms with Crippen LogP contribution in [-0.2, 0) is 4.74 Å². The zero-order valence-corrected chi connectivity index (χ0v) is 15.7. The molecule has 0 atom stereocenters. The van der Waals surface area contributed by atoms with E-state index in [2.05, 4.69) is 32.4 Å². The molecule has 0 aliphatic rings. The fraction of sp³-hybridized carbons (Fsp3) is 0.944. The number of rotatable bonds is 12. The number of carboxylic acid groups (broad SMARTS) is 1. The molecule has 0 bridgehead atoms. The van der Waals surface area contributed by atoms with Gasteiger partial charge in [-0.25, -0.2) is 0 Å². The first-order valence-corrected chi connectivity index (χ1v) is 9.11. The Balaban J connectivity index is 0. The van der Waals surface area contributed by atoms with E-state index < -0.39 is 6.16 Å². The van der Waals surface area contributed by atoms with E-state index in [1.807, 2.05) is 0 Å². The quantitative estimate of drug-likeness (QED) is 0.404. The van der Waals surface area contributed by atoms with Crippen molar-refractivity contribution in [2.24, 2.45) is 0 Å². The molecule has 4 nitrogen and oxygen atoms in total. The molecule has 0 aliphatic carbocycles. The van der Waals surface area contributed by atoms with Crippen LogP contribution in [0, 0.1) is 0 Å². The van der Waals surface area contributed by atoms with Crippen molar-refractivity contribution in [2.45, 2.75) is 79.1 Å². The van der Waals surface area contributed by atoms with Crippen molar-refractivity contribution >= 4 is 6.16 Å². The third-order valence-electron chi connectivity index (χ3n) is 4.11. The second-order valence-electron chi connectivity index (χ2n) is 6.10. The molecule has 0 aromatic rings. The fourth-order valence-electron chi connectivity index (χ4n) is 2.64. The maximum absolute atomic E-state index is 9.03. The van der Waals surface area contributed by atoms with E-state index in [1.54, 1.807) is 0 Å². The third-order valence-corrected chi connectivity index (χ3v) is 4.11.